The van der Waals surface area contributed by atoms with Crippen molar-refractivity contribution in [2.75, 3.05) is 4.90 Å². The molecule has 0 spiro atoms. The minimum absolute atomic E-state index is 0.884. The van der Waals surface area contributed by atoms with Crippen LogP contribution in [-0.2, 0) is 13.1 Å². The molecule has 4 aromatic rings. The lowest BCUT2D eigenvalue weighted by atomic mass is 10.1. The molecule has 1 nitrogen and oxygen atoms in total. The minimum atomic E-state index is 0.884. The zero-order valence-corrected chi connectivity index (χ0v) is 16.5. The van der Waals surface area contributed by atoms with E-state index in [0.29, 0.717) is 0 Å². The standard InChI is InChI=1S/C28H25N/c1-4-10-24(11-5-1)16-17-25-18-20-28(21-19-25)29(22-26-12-6-2-7-13-26)23-27-14-8-3-9-15-27/h1-21H,22-23H2. The quantitative estimate of drug-likeness (QED) is 0.312. The summed E-state index contributed by atoms with van der Waals surface area (Å²) in [7, 11) is 0. The van der Waals surface area contributed by atoms with Gasteiger partial charge in [0.15, 0.2) is 0 Å². The second-order valence-corrected chi connectivity index (χ2v) is 7.16. The van der Waals surface area contributed by atoms with Crippen molar-refractivity contribution < 1.29 is 0 Å². The van der Waals surface area contributed by atoms with Gasteiger partial charge >= 0.3 is 0 Å². The third kappa shape index (κ3) is 5.46. The van der Waals surface area contributed by atoms with E-state index >= 15 is 0 Å². The highest BCUT2D eigenvalue weighted by molar-refractivity contribution is 5.70. The van der Waals surface area contributed by atoms with Gasteiger partial charge in [-0.1, -0.05) is 115 Å². The molecule has 0 bridgehead atoms. The van der Waals surface area contributed by atoms with Gasteiger partial charge in [-0.25, -0.2) is 0 Å². The second kappa shape index (κ2) is 9.57. The molecule has 4 aromatic carbocycles. The number of anilines is 1. The average Bonchev–Trinajstić information content (AvgIpc) is 2.80. The Balaban J connectivity index is 1.54. The molecule has 0 heterocycles. The van der Waals surface area contributed by atoms with Crippen LogP contribution in [0, 0.1) is 0 Å². The fourth-order valence-corrected chi connectivity index (χ4v) is 3.40. The predicted octanol–water partition coefficient (Wildman–Crippen LogP) is 7.06. The van der Waals surface area contributed by atoms with E-state index in [9.17, 15) is 0 Å². The molecule has 0 saturated carbocycles. The van der Waals surface area contributed by atoms with E-state index in [0.717, 1.165) is 13.1 Å². The monoisotopic (exact) mass is 375 g/mol. The summed E-state index contributed by atoms with van der Waals surface area (Å²) in [6.45, 7) is 1.77. The first kappa shape index (κ1) is 18.8. The summed E-state index contributed by atoms with van der Waals surface area (Å²) in [6.07, 6.45) is 4.32. The highest BCUT2D eigenvalue weighted by Crippen LogP contribution is 2.22. The Morgan fingerprint density at radius 3 is 1.34 bits per heavy atom. The van der Waals surface area contributed by atoms with Gasteiger partial charge in [0.1, 0.15) is 0 Å². The van der Waals surface area contributed by atoms with Crippen molar-refractivity contribution in [3.8, 4) is 0 Å². The Hall–Kier alpha value is -3.58. The van der Waals surface area contributed by atoms with Gasteiger partial charge in [0.2, 0.25) is 0 Å². The average molecular weight is 376 g/mol. The molecule has 0 aliphatic rings. The van der Waals surface area contributed by atoms with E-state index in [1.54, 1.807) is 0 Å². The number of rotatable bonds is 7. The summed E-state index contributed by atoms with van der Waals surface area (Å²) in [4.78, 5) is 2.43. The zero-order chi connectivity index (χ0) is 19.7. The number of benzene rings is 4. The predicted molar refractivity (Wildman–Crippen MR) is 125 cm³/mol. The Bertz CT molecular complexity index is 978. The summed E-state index contributed by atoms with van der Waals surface area (Å²) in [5.74, 6) is 0. The van der Waals surface area contributed by atoms with E-state index in [-0.39, 0.29) is 0 Å². The first-order valence-electron chi connectivity index (χ1n) is 10.0. The molecule has 0 aromatic heterocycles. The molecule has 4 rings (SSSR count). The lowest BCUT2D eigenvalue weighted by Gasteiger charge is -2.25. The molecule has 0 amide bonds. The van der Waals surface area contributed by atoms with Gasteiger partial charge in [0.25, 0.3) is 0 Å². The second-order valence-electron chi connectivity index (χ2n) is 7.16. The molecule has 0 aliphatic carbocycles. The summed E-state index contributed by atoms with van der Waals surface area (Å²) in [5, 5.41) is 0. The van der Waals surface area contributed by atoms with Gasteiger partial charge < -0.3 is 4.90 Å². The van der Waals surface area contributed by atoms with Crippen molar-refractivity contribution in [1.82, 2.24) is 0 Å². The normalized spacial score (nSPS) is 10.9. The van der Waals surface area contributed by atoms with E-state index in [4.69, 9.17) is 0 Å². The van der Waals surface area contributed by atoms with E-state index in [1.165, 1.54) is 27.9 Å². The maximum Gasteiger partial charge on any atom is 0.0433 e. The fraction of sp³-hybridized carbons (Fsp3) is 0.0714. The lowest BCUT2D eigenvalue weighted by molar-refractivity contribution is 0.800. The van der Waals surface area contributed by atoms with Crippen LogP contribution in [0.5, 0.6) is 0 Å². The number of nitrogens with zero attached hydrogens (tertiary/aromatic N) is 1. The Morgan fingerprint density at radius 2 is 0.862 bits per heavy atom. The van der Waals surface area contributed by atoms with Crippen LogP contribution in [0.2, 0.25) is 0 Å². The SMILES string of the molecule is C(=Cc1ccc(N(Cc2ccccc2)Cc2ccccc2)cc1)c1ccccc1. The van der Waals surface area contributed by atoms with Crippen LogP contribution >= 0.6 is 0 Å². The van der Waals surface area contributed by atoms with Gasteiger partial charge in [-0.2, -0.15) is 0 Å². The molecule has 0 N–H and O–H groups in total. The Labute approximate surface area is 173 Å². The highest BCUT2D eigenvalue weighted by atomic mass is 15.1. The van der Waals surface area contributed by atoms with Crippen molar-refractivity contribution in [2.24, 2.45) is 0 Å². The molecule has 0 fully saturated rings. The van der Waals surface area contributed by atoms with Gasteiger partial charge in [0.05, 0.1) is 0 Å². The Kier molecular flexibility index (Phi) is 6.19. The van der Waals surface area contributed by atoms with Crippen molar-refractivity contribution in [3.63, 3.8) is 0 Å². The molecule has 1 heteroatoms. The first-order valence-corrected chi connectivity index (χ1v) is 10.0. The molecule has 0 unspecified atom stereocenters. The molecular weight excluding hydrogens is 350 g/mol. The molecule has 0 aliphatic heterocycles. The van der Waals surface area contributed by atoms with Gasteiger partial charge in [-0.05, 0) is 34.4 Å². The molecule has 0 saturated heterocycles. The van der Waals surface area contributed by atoms with Crippen LogP contribution in [0.25, 0.3) is 12.2 Å². The van der Waals surface area contributed by atoms with Gasteiger partial charge in [-0.15, -0.1) is 0 Å². The lowest BCUT2D eigenvalue weighted by Crippen LogP contribution is -2.22. The van der Waals surface area contributed by atoms with Crippen molar-refractivity contribution >= 4 is 17.8 Å². The number of hydrogen-bond acceptors (Lipinski definition) is 1. The topological polar surface area (TPSA) is 3.24 Å². The van der Waals surface area contributed by atoms with E-state index in [2.05, 4.69) is 126 Å². The third-order valence-corrected chi connectivity index (χ3v) is 4.96. The van der Waals surface area contributed by atoms with Crippen molar-refractivity contribution in [3.05, 3.63) is 138 Å². The maximum absolute atomic E-state index is 2.43. The zero-order valence-electron chi connectivity index (χ0n) is 16.5. The summed E-state index contributed by atoms with van der Waals surface area (Å²) in [6, 6.07) is 40.5. The molecular formula is C28H25N. The largest absolute Gasteiger partial charge is 0.363 e. The van der Waals surface area contributed by atoms with Crippen LogP contribution in [0.15, 0.2) is 115 Å². The Morgan fingerprint density at radius 1 is 0.448 bits per heavy atom. The highest BCUT2D eigenvalue weighted by Gasteiger charge is 2.08. The van der Waals surface area contributed by atoms with Crippen LogP contribution in [-0.4, -0.2) is 0 Å². The molecule has 29 heavy (non-hydrogen) atoms. The van der Waals surface area contributed by atoms with E-state index < -0.39 is 0 Å². The van der Waals surface area contributed by atoms with Gasteiger partial charge in [0, 0.05) is 18.8 Å². The van der Waals surface area contributed by atoms with E-state index in [1.807, 2.05) is 6.07 Å². The smallest absolute Gasteiger partial charge is 0.0433 e. The number of hydrogen-bond donors (Lipinski definition) is 0. The summed E-state index contributed by atoms with van der Waals surface area (Å²) < 4.78 is 0. The first-order chi connectivity index (χ1) is 14.4. The summed E-state index contributed by atoms with van der Waals surface area (Å²) in [5.41, 5.74) is 6.28. The van der Waals surface area contributed by atoms with Crippen molar-refractivity contribution in [1.29, 1.82) is 0 Å². The third-order valence-electron chi connectivity index (χ3n) is 4.96. The fourth-order valence-electron chi connectivity index (χ4n) is 3.40. The molecule has 142 valence electrons. The van der Waals surface area contributed by atoms with Crippen LogP contribution in [0.1, 0.15) is 22.3 Å². The maximum atomic E-state index is 2.43. The van der Waals surface area contributed by atoms with Crippen LogP contribution in [0.3, 0.4) is 0 Å². The van der Waals surface area contributed by atoms with Crippen LogP contribution in [0.4, 0.5) is 5.69 Å². The molecule has 0 atom stereocenters. The van der Waals surface area contributed by atoms with Crippen molar-refractivity contribution in [2.45, 2.75) is 13.1 Å². The summed E-state index contributed by atoms with van der Waals surface area (Å²) >= 11 is 0. The molecule has 0 radical (unpaired) electrons. The van der Waals surface area contributed by atoms with Gasteiger partial charge in [-0.3, -0.25) is 0 Å². The van der Waals surface area contributed by atoms with Crippen LogP contribution < -0.4 is 4.90 Å². The minimum Gasteiger partial charge on any atom is -0.363 e.